The number of nitrogens with zero attached hydrogens (tertiary/aromatic N) is 3. The van der Waals surface area contributed by atoms with E-state index >= 15 is 0 Å². The van der Waals surface area contributed by atoms with E-state index in [1.54, 1.807) is 13.8 Å². The van der Waals surface area contributed by atoms with Gasteiger partial charge in [-0.1, -0.05) is 12.1 Å². The zero-order valence-corrected chi connectivity index (χ0v) is 18.4. The van der Waals surface area contributed by atoms with Gasteiger partial charge in [-0.05, 0) is 58.7 Å². The normalized spacial score (nSPS) is 11.0. The number of aryl methyl sites for hydroxylation is 3. The largest absolute Gasteiger partial charge is 0.462 e. The molecular weight excluding hydrogens is 380 g/mol. The van der Waals surface area contributed by atoms with Crippen molar-refractivity contribution in [3.8, 4) is 0 Å². The second kappa shape index (κ2) is 9.61. The molecule has 7 heteroatoms. The molecule has 2 heterocycles. The van der Waals surface area contributed by atoms with E-state index in [4.69, 9.17) is 9.15 Å². The lowest BCUT2D eigenvalue weighted by Crippen LogP contribution is -2.25. The molecule has 2 aromatic heterocycles. The number of carbonyl (C=O) groups is 1. The van der Waals surface area contributed by atoms with Gasteiger partial charge in [0.1, 0.15) is 23.0 Å². The first-order valence-electron chi connectivity index (χ1n) is 10.4. The standard InChI is InChI=1S/C23H30N4O3/c1-6-27(18-11-8-10-15(3)14-18)13-9-12-24-21-20-19(23(28)29-7-2)16(4)30-22(20)26-17(5)25-21/h8,10-11,14H,6-7,9,12-13H2,1-5H3,(H,24,25,26). The smallest absolute Gasteiger partial charge is 0.342 e. The van der Waals surface area contributed by atoms with Gasteiger partial charge in [0.25, 0.3) is 0 Å². The molecule has 0 radical (unpaired) electrons. The number of ether oxygens (including phenoxy) is 1. The molecule has 0 atom stereocenters. The SMILES string of the molecule is CCOC(=O)c1c(C)oc2nc(C)nc(NCCCN(CC)c3cccc(C)c3)c12. The van der Waals surface area contributed by atoms with Gasteiger partial charge in [-0.2, -0.15) is 4.98 Å². The van der Waals surface area contributed by atoms with Crippen molar-refractivity contribution in [1.29, 1.82) is 0 Å². The Kier molecular flexibility index (Phi) is 6.92. The molecule has 0 aliphatic carbocycles. The van der Waals surface area contributed by atoms with Crippen LogP contribution in [0.4, 0.5) is 11.5 Å². The molecule has 0 bridgehead atoms. The third-order valence-electron chi connectivity index (χ3n) is 4.96. The number of hydrogen-bond acceptors (Lipinski definition) is 7. The molecule has 0 spiro atoms. The lowest BCUT2D eigenvalue weighted by atomic mass is 10.2. The van der Waals surface area contributed by atoms with Crippen LogP contribution >= 0.6 is 0 Å². The molecule has 3 rings (SSSR count). The minimum absolute atomic E-state index is 0.298. The number of hydrogen-bond donors (Lipinski definition) is 1. The van der Waals surface area contributed by atoms with Crippen LogP contribution in [0.15, 0.2) is 28.7 Å². The van der Waals surface area contributed by atoms with Crippen LogP contribution in [0, 0.1) is 20.8 Å². The predicted octanol–water partition coefficient (Wildman–Crippen LogP) is 4.65. The highest BCUT2D eigenvalue weighted by Crippen LogP contribution is 2.30. The molecule has 0 fully saturated rings. The first-order valence-corrected chi connectivity index (χ1v) is 10.4. The van der Waals surface area contributed by atoms with Crippen LogP contribution in [-0.2, 0) is 4.74 Å². The molecule has 30 heavy (non-hydrogen) atoms. The van der Waals surface area contributed by atoms with Gasteiger partial charge in [0.15, 0.2) is 0 Å². The summed E-state index contributed by atoms with van der Waals surface area (Å²) in [6, 6.07) is 8.54. The fraction of sp³-hybridized carbons (Fsp3) is 0.435. The Bertz CT molecular complexity index is 1030. The lowest BCUT2D eigenvalue weighted by molar-refractivity contribution is 0.0526. The van der Waals surface area contributed by atoms with Crippen LogP contribution in [0.1, 0.15) is 47.8 Å². The molecule has 0 aliphatic heterocycles. The summed E-state index contributed by atoms with van der Waals surface area (Å²) in [7, 11) is 0. The van der Waals surface area contributed by atoms with E-state index in [0.29, 0.717) is 47.2 Å². The van der Waals surface area contributed by atoms with Crippen LogP contribution in [0.5, 0.6) is 0 Å². The third-order valence-corrected chi connectivity index (χ3v) is 4.96. The van der Waals surface area contributed by atoms with Crippen molar-refractivity contribution in [3.05, 3.63) is 47.0 Å². The summed E-state index contributed by atoms with van der Waals surface area (Å²) in [5.41, 5.74) is 3.28. The maximum absolute atomic E-state index is 12.4. The Morgan fingerprint density at radius 1 is 1.20 bits per heavy atom. The number of benzene rings is 1. The summed E-state index contributed by atoms with van der Waals surface area (Å²) < 4.78 is 10.9. The van der Waals surface area contributed by atoms with E-state index in [1.807, 2.05) is 6.92 Å². The maximum Gasteiger partial charge on any atom is 0.342 e. The van der Waals surface area contributed by atoms with Crippen LogP contribution in [-0.4, -0.2) is 42.2 Å². The molecule has 1 aromatic carbocycles. The Morgan fingerprint density at radius 3 is 2.70 bits per heavy atom. The van der Waals surface area contributed by atoms with E-state index in [0.717, 1.165) is 19.5 Å². The Balaban J connectivity index is 1.74. The van der Waals surface area contributed by atoms with Gasteiger partial charge in [0.05, 0.1) is 12.0 Å². The summed E-state index contributed by atoms with van der Waals surface area (Å²) in [6.45, 7) is 12.5. The number of esters is 1. The Hall–Kier alpha value is -3.09. The second-order valence-corrected chi connectivity index (χ2v) is 7.25. The van der Waals surface area contributed by atoms with E-state index in [-0.39, 0.29) is 0 Å². The van der Waals surface area contributed by atoms with Crippen molar-refractivity contribution in [2.45, 2.75) is 41.0 Å². The van der Waals surface area contributed by atoms with Gasteiger partial charge in [0, 0.05) is 25.3 Å². The van der Waals surface area contributed by atoms with E-state index in [9.17, 15) is 4.79 Å². The zero-order chi connectivity index (χ0) is 21.7. The van der Waals surface area contributed by atoms with Crippen molar-refractivity contribution >= 4 is 28.6 Å². The highest BCUT2D eigenvalue weighted by molar-refractivity contribution is 6.07. The van der Waals surface area contributed by atoms with Crippen molar-refractivity contribution < 1.29 is 13.9 Å². The quantitative estimate of drug-likeness (QED) is 0.406. The topological polar surface area (TPSA) is 80.5 Å². The van der Waals surface area contributed by atoms with Gasteiger partial charge in [-0.3, -0.25) is 0 Å². The fourth-order valence-corrected chi connectivity index (χ4v) is 3.57. The Labute approximate surface area is 177 Å². The van der Waals surface area contributed by atoms with E-state index in [1.165, 1.54) is 11.3 Å². The molecule has 0 amide bonds. The summed E-state index contributed by atoms with van der Waals surface area (Å²) in [6.07, 6.45) is 0.915. The first-order chi connectivity index (χ1) is 14.4. The van der Waals surface area contributed by atoms with Gasteiger partial charge in [-0.15, -0.1) is 0 Å². The number of furan rings is 1. The number of rotatable bonds is 9. The van der Waals surface area contributed by atoms with Crippen molar-refractivity contribution in [3.63, 3.8) is 0 Å². The molecule has 1 N–H and O–H groups in total. The van der Waals surface area contributed by atoms with Gasteiger partial charge in [-0.25, -0.2) is 9.78 Å². The fourth-order valence-electron chi connectivity index (χ4n) is 3.57. The van der Waals surface area contributed by atoms with Crippen LogP contribution in [0.2, 0.25) is 0 Å². The molecule has 0 saturated carbocycles. The molecule has 3 aromatic rings. The second-order valence-electron chi connectivity index (χ2n) is 7.25. The number of fused-ring (bicyclic) bond motifs is 1. The summed E-state index contributed by atoms with van der Waals surface area (Å²) in [5, 5.41) is 3.96. The predicted molar refractivity (Wildman–Crippen MR) is 119 cm³/mol. The van der Waals surface area contributed by atoms with Crippen molar-refractivity contribution in [2.24, 2.45) is 0 Å². The van der Waals surface area contributed by atoms with Crippen LogP contribution in [0.3, 0.4) is 0 Å². The maximum atomic E-state index is 12.4. The minimum Gasteiger partial charge on any atom is -0.462 e. The molecule has 160 valence electrons. The zero-order valence-electron chi connectivity index (χ0n) is 18.4. The lowest BCUT2D eigenvalue weighted by Gasteiger charge is -2.23. The summed E-state index contributed by atoms with van der Waals surface area (Å²) >= 11 is 0. The number of anilines is 2. The van der Waals surface area contributed by atoms with Gasteiger partial charge < -0.3 is 19.4 Å². The average Bonchev–Trinajstić information content (AvgIpc) is 3.03. The summed E-state index contributed by atoms with van der Waals surface area (Å²) in [5.74, 6) is 1.27. The molecule has 7 nitrogen and oxygen atoms in total. The number of nitrogens with one attached hydrogen (secondary N) is 1. The molecule has 0 unspecified atom stereocenters. The first kappa shape index (κ1) is 21.6. The van der Waals surface area contributed by atoms with Gasteiger partial charge in [0.2, 0.25) is 5.71 Å². The minimum atomic E-state index is -0.416. The van der Waals surface area contributed by atoms with Crippen molar-refractivity contribution in [1.82, 2.24) is 9.97 Å². The number of carbonyl (C=O) groups excluding carboxylic acids is 1. The van der Waals surface area contributed by atoms with Crippen LogP contribution in [0.25, 0.3) is 11.1 Å². The highest BCUT2D eigenvalue weighted by atomic mass is 16.5. The molecular formula is C23H30N4O3. The van der Waals surface area contributed by atoms with E-state index < -0.39 is 5.97 Å². The van der Waals surface area contributed by atoms with Crippen molar-refractivity contribution in [2.75, 3.05) is 36.5 Å². The monoisotopic (exact) mass is 410 g/mol. The van der Waals surface area contributed by atoms with Crippen LogP contribution < -0.4 is 10.2 Å². The highest BCUT2D eigenvalue weighted by Gasteiger charge is 2.24. The van der Waals surface area contributed by atoms with E-state index in [2.05, 4.69) is 58.3 Å². The third kappa shape index (κ3) is 4.72. The molecule has 0 aliphatic rings. The number of aromatic nitrogens is 2. The summed E-state index contributed by atoms with van der Waals surface area (Å²) in [4.78, 5) is 23.7. The average molecular weight is 411 g/mol. The van der Waals surface area contributed by atoms with Gasteiger partial charge >= 0.3 is 5.97 Å². The molecule has 0 saturated heterocycles. The Morgan fingerprint density at radius 2 is 2.00 bits per heavy atom.